The van der Waals surface area contributed by atoms with Crippen molar-refractivity contribution in [3.63, 3.8) is 0 Å². The standard InChI is InChI=1S/C9H12N6/c1-5-3-11-8(12-4-5)9-13-7(6(2)10)14-15-9/h3-4,6H,10H2,1-2H3,(H,13,14,15). The summed E-state index contributed by atoms with van der Waals surface area (Å²) in [5.74, 6) is 1.61. The van der Waals surface area contributed by atoms with Gasteiger partial charge in [-0.1, -0.05) is 0 Å². The lowest BCUT2D eigenvalue weighted by Crippen LogP contribution is -2.06. The van der Waals surface area contributed by atoms with Gasteiger partial charge in [0.1, 0.15) is 5.82 Å². The van der Waals surface area contributed by atoms with Crippen molar-refractivity contribution in [2.75, 3.05) is 0 Å². The first-order valence-corrected chi connectivity index (χ1v) is 4.63. The normalized spacial score (nSPS) is 12.7. The van der Waals surface area contributed by atoms with Crippen molar-refractivity contribution in [2.24, 2.45) is 5.73 Å². The predicted octanol–water partition coefficient (Wildman–Crippen LogP) is 0.590. The van der Waals surface area contributed by atoms with Crippen molar-refractivity contribution >= 4 is 0 Å². The minimum absolute atomic E-state index is 0.170. The molecule has 1 atom stereocenters. The van der Waals surface area contributed by atoms with Crippen LogP contribution in [-0.4, -0.2) is 25.1 Å². The fourth-order valence-corrected chi connectivity index (χ4v) is 1.09. The zero-order chi connectivity index (χ0) is 10.8. The van der Waals surface area contributed by atoms with Crippen molar-refractivity contribution in [2.45, 2.75) is 19.9 Å². The Morgan fingerprint density at radius 2 is 1.93 bits per heavy atom. The van der Waals surface area contributed by atoms with Crippen LogP contribution in [-0.2, 0) is 0 Å². The molecule has 15 heavy (non-hydrogen) atoms. The molecule has 0 aliphatic heterocycles. The first-order valence-electron chi connectivity index (χ1n) is 4.63. The largest absolute Gasteiger partial charge is 0.322 e. The number of aromatic amines is 1. The van der Waals surface area contributed by atoms with Crippen LogP contribution < -0.4 is 5.73 Å². The lowest BCUT2D eigenvalue weighted by molar-refractivity contribution is 0.745. The van der Waals surface area contributed by atoms with Gasteiger partial charge in [-0.2, -0.15) is 0 Å². The van der Waals surface area contributed by atoms with Gasteiger partial charge in [-0.05, 0) is 19.4 Å². The average molecular weight is 204 g/mol. The maximum Gasteiger partial charge on any atom is 0.219 e. The van der Waals surface area contributed by atoms with Gasteiger partial charge in [0.25, 0.3) is 0 Å². The topological polar surface area (TPSA) is 93.4 Å². The highest BCUT2D eigenvalue weighted by atomic mass is 15.2. The van der Waals surface area contributed by atoms with Crippen LogP contribution in [0.15, 0.2) is 12.4 Å². The number of aryl methyl sites for hydroxylation is 1. The third-order valence-corrected chi connectivity index (χ3v) is 1.91. The van der Waals surface area contributed by atoms with E-state index in [2.05, 4.69) is 25.1 Å². The molecule has 2 aromatic heterocycles. The van der Waals surface area contributed by atoms with E-state index in [4.69, 9.17) is 5.73 Å². The van der Waals surface area contributed by atoms with E-state index in [0.717, 1.165) is 5.56 Å². The Kier molecular flexibility index (Phi) is 2.42. The van der Waals surface area contributed by atoms with Gasteiger partial charge in [0.15, 0.2) is 5.82 Å². The molecule has 0 aliphatic carbocycles. The Balaban J connectivity index is 2.33. The fourth-order valence-electron chi connectivity index (χ4n) is 1.09. The molecular weight excluding hydrogens is 192 g/mol. The van der Waals surface area contributed by atoms with Gasteiger partial charge in [-0.25, -0.2) is 15.0 Å². The summed E-state index contributed by atoms with van der Waals surface area (Å²) in [5, 5.41) is 6.75. The molecule has 0 radical (unpaired) electrons. The van der Waals surface area contributed by atoms with Gasteiger partial charge in [-0.3, -0.25) is 5.10 Å². The van der Waals surface area contributed by atoms with Crippen LogP contribution in [0.25, 0.3) is 11.6 Å². The van der Waals surface area contributed by atoms with Crippen molar-refractivity contribution in [1.29, 1.82) is 0 Å². The summed E-state index contributed by atoms with van der Waals surface area (Å²) in [5.41, 5.74) is 6.66. The molecule has 0 aliphatic rings. The summed E-state index contributed by atoms with van der Waals surface area (Å²) in [6.07, 6.45) is 3.45. The molecule has 1 unspecified atom stereocenters. The van der Waals surface area contributed by atoms with Crippen LogP contribution in [0.4, 0.5) is 0 Å². The number of nitrogens with zero attached hydrogens (tertiary/aromatic N) is 4. The highest BCUT2D eigenvalue weighted by molar-refractivity contribution is 5.41. The molecule has 2 aromatic rings. The zero-order valence-electron chi connectivity index (χ0n) is 8.60. The minimum atomic E-state index is -0.170. The van der Waals surface area contributed by atoms with Crippen LogP contribution in [0.3, 0.4) is 0 Å². The molecule has 6 nitrogen and oxygen atoms in total. The highest BCUT2D eigenvalue weighted by Gasteiger charge is 2.10. The summed E-state index contributed by atoms with van der Waals surface area (Å²) in [4.78, 5) is 12.4. The van der Waals surface area contributed by atoms with Crippen molar-refractivity contribution in [3.05, 3.63) is 23.8 Å². The van der Waals surface area contributed by atoms with Gasteiger partial charge in [0.05, 0.1) is 6.04 Å². The van der Waals surface area contributed by atoms with E-state index in [9.17, 15) is 0 Å². The first kappa shape index (κ1) is 9.72. The molecule has 78 valence electrons. The Morgan fingerprint density at radius 3 is 2.47 bits per heavy atom. The monoisotopic (exact) mass is 204 g/mol. The smallest absolute Gasteiger partial charge is 0.219 e. The Labute approximate surface area is 87.0 Å². The van der Waals surface area contributed by atoms with Crippen molar-refractivity contribution in [3.8, 4) is 11.6 Å². The van der Waals surface area contributed by atoms with Crippen LogP contribution in [0.2, 0.25) is 0 Å². The van der Waals surface area contributed by atoms with E-state index < -0.39 is 0 Å². The Morgan fingerprint density at radius 1 is 1.27 bits per heavy atom. The van der Waals surface area contributed by atoms with E-state index >= 15 is 0 Å². The summed E-state index contributed by atoms with van der Waals surface area (Å²) in [6, 6.07) is -0.170. The number of aromatic nitrogens is 5. The number of rotatable bonds is 2. The van der Waals surface area contributed by atoms with Gasteiger partial charge < -0.3 is 5.73 Å². The quantitative estimate of drug-likeness (QED) is 0.746. The average Bonchev–Trinajstić information content (AvgIpc) is 2.68. The lowest BCUT2D eigenvalue weighted by Gasteiger charge is -1.96. The summed E-state index contributed by atoms with van der Waals surface area (Å²) < 4.78 is 0. The molecule has 2 rings (SSSR count). The summed E-state index contributed by atoms with van der Waals surface area (Å²) >= 11 is 0. The molecule has 0 spiro atoms. The van der Waals surface area contributed by atoms with E-state index in [0.29, 0.717) is 17.5 Å². The van der Waals surface area contributed by atoms with Crippen LogP contribution in [0, 0.1) is 6.92 Å². The number of H-pyrrole nitrogens is 1. The molecule has 0 saturated heterocycles. The number of hydrogen-bond donors (Lipinski definition) is 2. The predicted molar refractivity (Wildman–Crippen MR) is 54.7 cm³/mol. The molecule has 0 aromatic carbocycles. The van der Waals surface area contributed by atoms with Gasteiger partial charge in [-0.15, -0.1) is 5.10 Å². The molecule has 2 heterocycles. The highest BCUT2D eigenvalue weighted by Crippen LogP contribution is 2.10. The number of nitrogens with two attached hydrogens (primary N) is 1. The van der Waals surface area contributed by atoms with E-state index in [-0.39, 0.29) is 6.04 Å². The Bertz CT molecular complexity index is 444. The van der Waals surface area contributed by atoms with Gasteiger partial charge in [0.2, 0.25) is 5.82 Å². The SMILES string of the molecule is Cc1cnc(-c2n[nH]c(C(C)N)n2)nc1. The lowest BCUT2D eigenvalue weighted by atomic mass is 10.3. The van der Waals surface area contributed by atoms with Gasteiger partial charge >= 0.3 is 0 Å². The molecule has 0 bridgehead atoms. The zero-order valence-corrected chi connectivity index (χ0v) is 8.60. The van der Waals surface area contributed by atoms with Crippen LogP contribution >= 0.6 is 0 Å². The second-order valence-corrected chi connectivity index (χ2v) is 3.42. The van der Waals surface area contributed by atoms with Crippen molar-refractivity contribution < 1.29 is 0 Å². The van der Waals surface area contributed by atoms with Crippen molar-refractivity contribution in [1.82, 2.24) is 25.1 Å². The van der Waals surface area contributed by atoms with E-state index in [1.165, 1.54) is 0 Å². The summed E-state index contributed by atoms with van der Waals surface area (Å²) in [7, 11) is 0. The fraction of sp³-hybridized carbons (Fsp3) is 0.333. The van der Waals surface area contributed by atoms with E-state index in [1.54, 1.807) is 12.4 Å². The maximum absolute atomic E-state index is 5.65. The third kappa shape index (κ3) is 1.99. The molecular formula is C9H12N6. The molecule has 0 saturated carbocycles. The number of hydrogen-bond acceptors (Lipinski definition) is 5. The number of nitrogens with one attached hydrogen (secondary N) is 1. The molecule has 3 N–H and O–H groups in total. The summed E-state index contributed by atoms with van der Waals surface area (Å²) in [6.45, 7) is 3.76. The van der Waals surface area contributed by atoms with E-state index in [1.807, 2.05) is 13.8 Å². The third-order valence-electron chi connectivity index (χ3n) is 1.91. The second-order valence-electron chi connectivity index (χ2n) is 3.42. The first-order chi connectivity index (χ1) is 7.16. The Hall–Kier alpha value is -1.82. The van der Waals surface area contributed by atoms with Crippen LogP contribution in [0.5, 0.6) is 0 Å². The molecule has 0 amide bonds. The molecule has 0 fully saturated rings. The second kappa shape index (κ2) is 3.74. The maximum atomic E-state index is 5.65. The molecule has 6 heteroatoms. The van der Waals surface area contributed by atoms with Crippen LogP contribution in [0.1, 0.15) is 24.4 Å². The minimum Gasteiger partial charge on any atom is -0.322 e. The van der Waals surface area contributed by atoms with Gasteiger partial charge in [0, 0.05) is 12.4 Å².